The van der Waals surface area contributed by atoms with Gasteiger partial charge < -0.3 is 33.2 Å². The number of ketones is 2. The number of hydrogen-bond donors (Lipinski definition) is 1. The first-order chi connectivity index (χ1) is 31.1. The molecule has 5 heterocycles. The summed E-state index contributed by atoms with van der Waals surface area (Å²) >= 11 is 0. The SMILES string of the molecule is C=C1CCC(N2C(=O)c3cccc(OCC(=O)CCCCOCCOCCOCCCCC(=O)CCc4c(-c5ccc(-c6c(C)noc6C)cc5)nc5cnccn45)c3C2=O)C(=O)N1. The van der Waals surface area contributed by atoms with Crippen molar-refractivity contribution >= 4 is 34.9 Å². The average Bonchev–Trinajstić information content (AvgIpc) is 3.92. The lowest BCUT2D eigenvalue weighted by molar-refractivity contribution is -0.125. The zero-order valence-electron chi connectivity index (χ0n) is 36.4. The van der Waals surface area contributed by atoms with Crippen molar-refractivity contribution in [2.75, 3.05) is 46.2 Å². The minimum Gasteiger partial charge on any atom is -0.485 e. The maximum atomic E-state index is 13.3. The number of imide groups is 1. The third-order valence-electron chi connectivity index (χ3n) is 11.3. The fourth-order valence-corrected chi connectivity index (χ4v) is 8.01. The van der Waals surface area contributed by atoms with Gasteiger partial charge in [-0.15, -0.1) is 0 Å². The maximum Gasteiger partial charge on any atom is 0.266 e. The van der Waals surface area contributed by atoms with Crippen LogP contribution in [-0.2, 0) is 35.0 Å². The van der Waals surface area contributed by atoms with E-state index in [1.165, 1.54) is 6.07 Å². The molecule has 5 aromatic rings. The van der Waals surface area contributed by atoms with Gasteiger partial charge in [0.25, 0.3) is 11.8 Å². The number of unbranched alkanes of at least 4 members (excludes halogenated alkanes) is 2. The molecule has 1 N–H and O–H groups in total. The van der Waals surface area contributed by atoms with Crippen LogP contribution in [0.15, 0.2) is 77.9 Å². The van der Waals surface area contributed by atoms with Crippen molar-refractivity contribution < 1.29 is 47.4 Å². The third-order valence-corrected chi connectivity index (χ3v) is 11.3. The van der Waals surface area contributed by atoms with Gasteiger partial charge in [0.1, 0.15) is 29.9 Å². The number of ether oxygens (including phenoxy) is 4. The highest BCUT2D eigenvalue weighted by molar-refractivity contribution is 6.24. The molecule has 0 saturated carbocycles. The highest BCUT2D eigenvalue weighted by atomic mass is 16.5. The molecule has 3 amide bonds. The molecule has 0 radical (unpaired) electrons. The van der Waals surface area contributed by atoms with E-state index in [0.717, 1.165) is 62.9 Å². The van der Waals surface area contributed by atoms with Crippen LogP contribution in [0.4, 0.5) is 0 Å². The molecule has 336 valence electrons. The van der Waals surface area contributed by atoms with Crippen molar-refractivity contribution in [2.45, 2.75) is 84.1 Å². The van der Waals surface area contributed by atoms with E-state index in [9.17, 15) is 24.0 Å². The number of Topliss-reactive ketones (excluding diaryl/α,β-unsaturated/α-hetero) is 2. The molecular formula is C48H54N6O10. The van der Waals surface area contributed by atoms with Crippen molar-refractivity contribution in [3.8, 4) is 28.1 Å². The number of benzene rings is 2. The van der Waals surface area contributed by atoms with Gasteiger partial charge in [-0.05, 0) is 76.5 Å². The Balaban J connectivity index is 0.703. The number of aryl methyl sites for hydroxylation is 3. The second-order valence-corrected chi connectivity index (χ2v) is 15.9. The van der Waals surface area contributed by atoms with E-state index >= 15 is 0 Å². The van der Waals surface area contributed by atoms with Crippen molar-refractivity contribution in [1.82, 2.24) is 29.7 Å². The summed E-state index contributed by atoms with van der Waals surface area (Å²) in [6.07, 6.45) is 10.6. The zero-order valence-corrected chi connectivity index (χ0v) is 36.4. The first-order valence-corrected chi connectivity index (χ1v) is 21.8. The van der Waals surface area contributed by atoms with Crippen LogP contribution in [0.1, 0.15) is 95.7 Å². The fraction of sp³-hybridized carbons (Fsp3) is 0.417. The summed E-state index contributed by atoms with van der Waals surface area (Å²) in [6, 6.07) is 11.9. The number of hydrogen-bond acceptors (Lipinski definition) is 13. The Hall–Kier alpha value is -6.36. The van der Waals surface area contributed by atoms with E-state index in [1.807, 2.05) is 48.7 Å². The lowest BCUT2D eigenvalue weighted by atomic mass is 10.00. The van der Waals surface area contributed by atoms with Crippen LogP contribution in [-0.4, -0.2) is 106 Å². The zero-order chi connectivity index (χ0) is 45.0. The Morgan fingerprint density at radius 1 is 0.828 bits per heavy atom. The van der Waals surface area contributed by atoms with Gasteiger partial charge in [-0.25, -0.2) is 4.98 Å². The standard InChI is InChI=1S/C48H54N6O10/c1-31-13-19-40(46(57)50-31)54-47(58)38-11-8-12-41(44(38)48(54)59)63-30-37(56)10-5-7-24-61-26-28-62-27-25-60-23-6-4-9-36(55)18-20-39-45(51-42-29-49-21-22-53(39)42)35-16-14-34(15-17-35)43-32(2)52-64-33(43)3/h8,11-12,14-17,21-22,29,40H,1,4-7,9-10,13,18-20,23-28,30H2,2-3H3,(H,50,57). The van der Waals surface area contributed by atoms with E-state index in [2.05, 4.69) is 22.0 Å². The number of imidazole rings is 1. The average molecular weight is 875 g/mol. The van der Waals surface area contributed by atoms with Crippen LogP contribution in [0, 0.1) is 13.8 Å². The lowest BCUT2D eigenvalue weighted by Gasteiger charge is -2.29. The monoisotopic (exact) mass is 874 g/mol. The molecule has 1 unspecified atom stereocenters. The molecule has 1 fully saturated rings. The summed E-state index contributed by atoms with van der Waals surface area (Å²) in [5.41, 5.74) is 7.14. The van der Waals surface area contributed by atoms with Crippen molar-refractivity contribution in [3.63, 3.8) is 0 Å². The van der Waals surface area contributed by atoms with Gasteiger partial charge in [0.15, 0.2) is 11.4 Å². The van der Waals surface area contributed by atoms with Crippen molar-refractivity contribution in [3.05, 3.63) is 102 Å². The Morgan fingerprint density at radius 3 is 2.20 bits per heavy atom. The molecule has 1 atom stereocenters. The van der Waals surface area contributed by atoms with Crippen LogP contribution < -0.4 is 10.1 Å². The fourth-order valence-electron chi connectivity index (χ4n) is 8.01. The van der Waals surface area contributed by atoms with Crippen LogP contribution in [0.3, 0.4) is 0 Å². The van der Waals surface area contributed by atoms with Gasteiger partial charge in [-0.2, -0.15) is 0 Å². The number of nitrogens with zero attached hydrogens (tertiary/aromatic N) is 5. The summed E-state index contributed by atoms with van der Waals surface area (Å²) in [7, 11) is 0. The number of nitrogens with one attached hydrogen (secondary N) is 1. The number of allylic oxidation sites excluding steroid dienone is 1. The number of amides is 3. The quantitative estimate of drug-likeness (QED) is 0.0488. The summed E-state index contributed by atoms with van der Waals surface area (Å²) in [5, 5.41) is 6.69. The summed E-state index contributed by atoms with van der Waals surface area (Å²) < 4.78 is 30.0. The minimum atomic E-state index is -0.928. The van der Waals surface area contributed by atoms with E-state index in [-0.39, 0.29) is 41.5 Å². The number of fused-ring (bicyclic) bond motifs is 2. The van der Waals surface area contributed by atoms with Gasteiger partial charge in [0.05, 0.1) is 60.8 Å². The molecule has 2 aliphatic heterocycles. The van der Waals surface area contributed by atoms with Crippen LogP contribution in [0.5, 0.6) is 5.75 Å². The third kappa shape index (κ3) is 11.0. The second kappa shape index (κ2) is 21.8. The normalized spacial score (nSPS) is 15.0. The molecule has 0 aliphatic carbocycles. The highest BCUT2D eigenvalue weighted by Gasteiger charge is 2.45. The predicted molar refractivity (Wildman–Crippen MR) is 235 cm³/mol. The van der Waals surface area contributed by atoms with Crippen molar-refractivity contribution in [1.29, 1.82) is 0 Å². The molecule has 64 heavy (non-hydrogen) atoms. The summed E-state index contributed by atoms with van der Waals surface area (Å²) in [4.78, 5) is 74.4. The first-order valence-electron chi connectivity index (χ1n) is 21.8. The second-order valence-electron chi connectivity index (χ2n) is 15.9. The van der Waals surface area contributed by atoms with Gasteiger partial charge in [0, 0.05) is 61.7 Å². The van der Waals surface area contributed by atoms with E-state index in [1.54, 1.807) is 24.5 Å². The molecule has 0 bridgehead atoms. The van der Waals surface area contributed by atoms with Crippen LogP contribution in [0.2, 0.25) is 0 Å². The van der Waals surface area contributed by atoms with Crippen LogP contribution in [0.25, 0.3) is 28.0 Å². The Morgan fingerprint density at radius 2 is 1.52 bits per heavy atom. The van der Waals surface area contributed by atoms with Gasteiger partial charge >= 0.3 is 0 Å². The Labute approximate surface area is 371 Å². The smallest absolute Gasteiger partial charge is 0.266 e. The molecule has 1 saturated heterocycles. The van der Waals surface area contributed by atoms with Gasteiger partial charge in [-0.1, -0.05) is 42.1 Å². The van der Waals surface area contributed by atoms with Crippen molar-refractivity contribution in [2.24, 2.45) is 0 Å². The number of carbonyl (C=O) groups is 5. The molecule has 0 spiro atoms. The number of carbonyl (C=O) groups excluding carboxylic acids is 5. The van der Waals surface area contributed by atoms with Crippen LogP contribution >= 0.6 is 0 Å². The Bertz CT molecular complexity index is 2470. The molecule has 3 aromatic heterocycles. The molecule has 2 aliphatic rings. The van der Waals surface area contributed by atoms with Gasteiger partial charge in [-0.3, -0.25) is 33.9 Å². The van der Waals surface area contributed by atoms with Gasteiger partial charge in [0.2, 0.25) is 5.91 Å². The number of piperidine rings is 1. The summed E-state index contributed by atoms with van der Waals surface area (Å²) in [6.45, 7) is 10.1. The molecular weight excluding hydrogens is 821 g/mol. The number of rotatable bonds is 25. The lowest BCUT2D eigenvalue weighted by Crippen LogP contribution is -2.51. The Kier molecular flexibility index (Phi) is 15.6. The highest BCUT2D eigenvalue weighted by Crippen LogP contribution is 2.35. The van der Waals surface area contributed by atoms with E-state index in [0.29, 0.717) is 90.3 Å². The van der Waals surface area contributed by atoms with E-state index < -0.39 is 23.8 Å². The molecule has 16 heteroatoms. The predicted octanol–water partition coefficient (Wildman–Crippen LogP) is 6.60. The largest absolute Gasteiger partial charge is 0.485 e. The first kappa shape index (κ1) is 45.7. The molecule has 2 aromatic carbocycles. The molecule has 16 nitrogen and oxygen atoms in total. The van der Waals surface area contributed by atoms with E-state index in [4.69, 9.17) is 28.5 Å². The maximum absolute atomic E-state index is 13.3. The number of aromatic nitrogens is 4. The topological polar surface area (TPSA) is 194 Å². The minimum absolute atomic E-state index is 0.0683. The summed E-state index contributed by atoms with van der Waals surface area (Å²) in [5.74, 6) is -0.648. The molecule has 7 rings (SSSR count).